The number of para-hydroxylation sites is 1. The number of nitrogens with zero attached hydrogens (tertiary/aromatic N) is 3. The van der Waals surface area contributed by atoms with Crippen LogP contribution in [0.5, 0.6) is 0 Å². The molecule has 0 bridgehead atoms. The van der Waals surface area contributed by atoms with Gasteiger partial charge in [0, 0.05) is 43.0 Å². The van der Waals surface area contributed by atoms with Crippen molar-refractivity contribution >= 4 is 32.8 Å². The molecule has 1 N–H and O–H groups in total. The Balaban J connectivity index is 2.30. The van der Waals surface area contributed by atoms with Crippen molar-refractivity contribution in [3.63, 3.8) is 0 Å². The van der Waals surface area contributed by atoms with Crippen LogP contribution in [0, 0.1) is 0 Å². The lowest BCUT2D eigenvalue weighted by Crippen LogP contribution is -1.97. The van der Waals surface area contributed by atoms with E-state index >= 15 is 0 Å². The minimum Gasteiger partial charge on any atom is -0.357 e. The summed E-state index contributed by atoms with van der Waals surface area (Å²) in [5.74, 6) is 0.617. The maximum absolute atomic E-state index is 4.54. The summed E-state index contributed by atoms with van der Waals surface area (Å²) in [6, 6.07) is 8.30. The number of hydrogen-bond donors (Lipinski definition) is 1. The van der Waals surface area contributed by atoms with Crippen LogP contribution >= 0.6 is 15.9 Å². The summed E-state index contributed by atoms with van der Waals surface area (Å²) < 4.78 is 3.00. The molecule has 0 unspecified atom stereocenters. The van der Waals surface area contributed by atoms with Gasteiger partial charge in [-0.3, -0.25) is 0 Å². The lowest BCUT2D eigenvalue weighted by atomic mass is 10.1. The van der Waals surface area contributed by atoms with E-state index in [0.29, 0.717) is 5.95 Å². The molecular weight excluding hydrogens is 304 g/mol. The van der Waals surface area contributed by atoms with Crippen molar-refractivity contribution in [3.05, 3.63) is 41.1 Å². The van der Waals surface area contributed by atoms with Crippen molar-refractivity contribution in [1.29, 1.82) is 0 Å². The van der Waals surface area contributed by atoms with Gasteiger partial charge in [0.2, 0.25) is 5.95 Å². The van der Waals surface area contributed by atoms with Crippen LogP contribution in [-0.4, -0.2) is 21.6 Å². The molecule has 0 fully saturated rings. The van der Waals surface area contributed by atoms with Crippen LogP contribution in [0.15, 0.2) is 41.1 Å². The molecule has 0 radical (unpaired) electrons. The Morgan fingerprint density at radius 2 is 2.05 bits per heavy atom. The van der Waals surface area contributed by atoms with E-state index in [-0.39, 0.29) is 0 Å². The van der Waals surface area contributed by atoms with E-state index in [1.54, 1.807) is 6.20 Å². The number of aromatic nitrogens is 3. The topological polar surface area (TPSA) is 42.7 Å². The van der Waals surface area contributed by atoms with Crippen molar-refractivity contribution in [2.24, 2.45) is 7.05 Å². The van der Waals surface area contributed by atoms with E-state index in [4.69, 9.17) is 0 Å². The number of benzene rings is 1. The monoisotopic (exact) mass is 316 g/mol. The molecule has 3 rings (SSSR count). The second kappa shape index (κ2) is 4.66. The first-order valence-electron chi connectivity index (χ1n) is 5.95. The van der Waals surface area contributed by atoms with Gasteiger partial charge >= 0.3 is 0 Å². The summed E-state index contributed by atoms with van der Waals surface area (Å²) in [5.41, 5.74) is 3.19. The van der Waals surface area contributed by atoms with Crippen LogP contribution in [0.2, 0.25) is 0 Å². The lowest BCUT2D eigenvalue weighted by Gasteiger charge is -2.04. The Kier molecular flexibility index (Phi) is 2.98. The van der Waals surface area contributed by atoms with E-state index < -0.39 is 0 Å². The molecule has 0 spiro atoms. The van der Waals surface area contributed by atoms with Gasteiger partial charge < -0.3 is 9.88 Å². The van der Waals surface area contributed by atoms with Gasteiger partial charge in [-0.1, -0.05) is 18.2 Å². The summed E-state index contributed by atoms with van der Waals surface area (Å²) in [5, 5.41) is 4.16. The van der Waals surface area contributed by atoms with Crippen molar-refractivity contribution in [1.82, 2.24) is 14.5 Å². The fourth-order valence-electron chi connectivity index (χ4n) is 2.21. The molecule has 0 amide bonds. The van der Waals surface area contributed by atoms with Crippen molar-refractivity contribution in [2.45, 2.75) is 0 Å². The van der Waals surface area contributed by atoms with Crippen molar-refractivity contribution < 1.29 is 0 Å². The first kappa shape index (κ1) is 12.2. The molecule has 2 heterocycles. The summed E-state index contributed by atoms with van der Waals surface area (Å²) in [6.45, 7) is 0. The molecule has 19 heavy (non-hydrogen) atoms. The van der Waals surface area contributed by atoms with Gasteiger partial charge in [0.15, 0.2) is 0 Å². The molecule has 0 saturated carbocycles. The predicted octanol–water partition coefficient (Wildman–Crippen LogP) is 3.44. The minimum absolute atomic E-state index is 0.617. The van der Waals surface area contributed by atoms with Gasteiger partial charge in [0.05, 0.1) is 10.2 Å². The summed E-state index contributed by atoms with van der Waals surface area (Å²) in [7, 11) is 3.86. The average molecular weight is 317 g/mol. The highest BCUT2D eigenvalue weighted by atomic mass is 79.9. The predicted molar refractivity (Wildman–Crippen MR) is 81.2 cm³/mol. The number of fused-ring (bicyclic) bond motifs is 1. The molecule has 2 aromatic heterocycles. The largest absolute Gasteiger partial charge is 0.357 e. The van der Waals surface area contributed by atoms with Gasteiger partial charge in [-0.25, -0.2) is 9.97 Å². The highest BCUT2D eigenvalue weighted by molar-refractivity contribution is 9.10. The maximum atomic E-state index is 4.54. The minimum atomic E-state index is 0.617. The standard InChI is InChI=1S/C14H13BrN4/c1-16-14-17-7-11(15)13(18-14)10-8-19(2)12-6-4-3-5-9(10)12/h3-8H,1-2H3,(H,16,17,18). The first-order chi connectivity index (χ1) is 9.20. The quantitative estimate of drug-likeness (QED) is 0.787. The SMILES string of the molecule is CNc1ncc(Br)c(-c2cn(C)c3ccccc23)n1. The van der Waals surface area contributed by atoms with E-state index in [0.717, 1.165) is 15.7 Å². The summed E-state index contributed by atoms with van der Waals surface area (Å²) in [6.07, 6.45) is 3.87. The number of hydrogen-bond acceptors (Lipinski definition) is 3. The normalized spacial score (nSPS) is 10.9. The van der Waals surface area contributed by atoms with Gasteiger partial charge in [-0.05, 0) is 22.0 Å². The second-order valence-corrected chi connectivity index (χ2v) is 5.17. The molecule has 3 aromatic rings. The van der Waals surface area contributed by atoms with Gasteiger partial charge in [-0.15, -0.1) is 0 Å². The molecule has 5 heteroatoms. The fraction of sp³-hybridized carbons (Fsp3) is 0.143. The maximum Gasteiger partial charge on any atom is 0.223 e. The van der Waals surface area contributed by atoms with Crippen LogP contribution in [0.25, 0.3) is 22.2 Å². The Labute approximate surface area is 119 Å². The number of rotatable bonds is 2. The van der Waals surface area contributed by atoms with Crippen molar-refractivity contribution in [3.8, 4) is 11.3 Å². The fourth-order valence-corrected chi connectivity index (χ4v) is 2.61. The molecular formula is C14H13BrN4. The van der Waals surface area contributed by atoms with Crippen LogP contribution in [0.4, 0.5) is 5.95 Å². The Morgan fingerprint density at radius 3 is 2.84 bits per heavy atom. The molecule has 0 saturated heterocycles. The number of anilines is 1. The zero-order valence-electron chi connectivity index (χ0n) is 10.7. The molecule has 1 aromatic carbocycles. The van der Waals surface area contributed by atoms with Gasteiger partial charge in [-0.2, -0.15) is 0 Å². The second-order valence-electron chi connectivity index (χ2n) is 4.31. The third kappa shape index (κ3) is 2.00. The lowest BCUT2D eigenvalue weighted by molar-refractivity contribution is 0.969. The molecule has 4 nitrogen and oxygen atoms in total. The smallest absolute Gasteiger partial charge is 0.223 e. The van der Waals surface area contributed by atoms with Gasteiger partial charge in [0.25, 0.3) is 0 Å². The molecule has 0 atom stereocenters. The van der Waals surface area contributed by atoms with Crippen LogP contribution in [0.1, 0.15) is 0 Å². The van der Waals surface area contributed by atoms with E-state index in [2.05, 4.69) is 54.1 Å². The molecule has 96 valence electrons. The van der Waals surface area contributed by atoms with Crippen LogP contribution in [-0.2, 0) is 7.05 Å². The number of aryl methyl sites for hydroxylation is 1. The van der Waals surface area contributed by atoms with E-state index in [1.165, 1.54) is 10.9 Å². The molecule has 0 aliphatic carbocycles. The highest BCUT2D eigenvalue weighted by Crippen LogP contribution is 2.33. The van der Waals surface area contributed by atoms with Crippen molar-refractivity contribution in [2.75, 3.05) is 12.4 Å². The third-order valence-corrected chi connectivity index (χ3v) is 3.70. The van der Waals surface area contributed by atoms with E-state index in [1.807, 2.05) is 26.2 Å². The number of nitrogens with one attached hydrogen (secondary N) is 1. The summed E-state index contributed by atoms with van der Waals surface area (Å²) >= 11 is 3.53. The van der Waals surface area contributed by atoms with E-state index in [9.17, 15) is 0 Å². The first-order valence-corrected chi connectivity index (χ1v) is 6.74. The zero-order valence-corrected chi connectivity index (χ0v) is 12.3. The number of halogens is 1. The Bertz CT molecular complexity index is 748. The van der Waals surface area contributed by atoms with Gasteiger partial charge in [0.1, 0.15) is 0 Å². The van der Waals surface area contributed by atoms with Crippen LogP contribution in [0.3, 0.4) is 0 Å². The Hall–Kier alpha value is -1.88. The molecule has 0 aliphatic heterocycles. The summed E-state index contributed by atoms with van der Waals surface area (Å²) in [4.78, 5) is 8.74. The Morgan fingerprint density at radius 1 is 1.26 bits per heavy atom. The van der Waals surface area contributed by atoms with Crippen LogP contribution < -0.4 is 5.32 Å². The highest BCUT2D eigenvalue weighted by Gasteiger charge is 2.13. The molecule has 0 aliphatic rings. The third-order valence-electron chi connectivity index (χ3n) is 3.12. The zero-order chi connectivity index (χ0) is 13.4. The average Bonchev–Trinajstić information content (AvgIpc) is 2.77.